The Morgan fingerprint density at radius 3 is 1.13 bits per heavy atom. The smallest absolute Gasteiger partial charge is 0.238 e. The van der Waals surface area contributed by atoms with E-state index in [1.54, 1.807) is 11.9 Å². The van der Waals surface area contributed by atoms with E-state index in [-0.39, 0.29) is 24.3 Å². The highest BCUT2D eigenvalue weighted by Crippen LogP contribution is 2.22. The van der Waals surface area contributed by atoms with E-state index in [2.05, 4.69) is 16.0 Å². The first-order chi connectivity index (χ1) is 36.0. The Kier molecular flexibility index (Phi) is 39.1. The summed E-state index contributed by atoms with van der Waals surface area (Å²) in [6.07, 6.45) is 6.41. The number of carbonyl (C=O) groups excluding carboxylic acids is 3. The molecule has 77 heavy (non-hydrogen) atoms. The predicted molar refractivity (Wildman–Crippen MR) is 326 cm³/mol. The Morgan fingerprint density at radius 1 is 0.429 bits per heavy atom. The number of hydrogen-bond donors (Lipinski definition) is 3. The average molecular weight is 1200 g/mol. The lowest BCUT2D eigenvalue weighted by Gasteiger charge is -2.17. The van der Waals surface area contributed by atoms with Crippen molar-refractivity contribution in [1.82, 2.24) is 14.7 Å². The highest BCUT2D eigenvalue weighted by atomic mass is 33.1. The van der Waals surface area contributed by atoms with Gasteiger partial charge in [0.15, 0.2) is 26.6 Å². The quantitative estimate of drug-likeness (QED) is 0.0399. The largest absolute Gasteiger partial charge is 0.381 e. The molecule has 3 aromatic carbocycles. The van der Waals surface area contributed by atoms with Crippen LogP contribution in [-0.2, 0) is 55.2 Å². The molecular formula is C53H90N6O12S6. The molecule has 3 amide bonds. The highest BCUT2D eigenvalue weighted by Gasteiger charge is 2.14. The summed E-state index contributed by atoms with van der Waals surface area (Å²) in [4.78, 5) is 42.0. The minimum absolute atomic E-state index is 0.00536. The van der Waals surface area contributed by atoms with Crippen LogP contribution in [0.15, 0.2) is 54.6 Å². The van der Waals surface area contributed by atoms with Gasteiger partial charge < -0.3 is 30.2 Å². The number of carbonyl (C=O) groups is 3. The van der Waals surface area contributed by atoms with Gasteiger partial charge in [0.2, 0.25) is 17.7 Å². The molecule has 0 aliphatic heterocycles. The molecule has 3 rings (SSSR count). The maximum absolute atomic E-state index is 12.2. The number of nitrogens with one attached hydrogen (secondary N) is 3. The number of hydrogen-bond acceptors (Lipinski definition) is 18. The van der Waals surface area contributed by atoms with Crippen molar-refractivity contribution < 1.29 is 53.8 Å². The molecule has 0 spiro atoms. The van der Waals surface area contributed by atoms with Gasteiger partial charge in [0.25, 0.3) is 0 Å². The summed E-state index contributed by atoms with van der Waals surface area (Å²) in [5.41, 5.74) is 9.00. The van der Waals surface area contributed by atoms with Crippen LogP contribution in [0.2, 0.25) is 0 Å². The summed E-state index contributed by atoms with van der Waals surface area (Å²) in [6.45, 7) is 22.4. The fraction of sp³-hybridized carbons (Fsp3) is 0.604. The Balaban J connectivity index is 0.00000104. The van der Waals surface area contributed by atoms with Gasteiger partial charge in [-0.25, -0.2) is 25.3 Å². The molecule has 0 aromatic heterocycles. The van der Waals surface area contributed by atoms with Crippen molar-refractivity contribution >= 4 is 93.8 Å². The van der Waals surface area contributed by atoms with E-state index >= 15 is 0 Å². The Bertz CT molecular complexity index is 2480. The number of para-hydroxylation sites is 3. The van der Waals surface area contributed by atoms with Gasteiger partial charge in [0, 0.05) is 79.4 Å². The third-order valence-corrected chi connectivity index (χ3v) is 18.4. The molecule has 0 saturated carbocycles. The maximum atomic E-state index is 12.2. The van der Waals surface area contributed by atoms with Crippen LogP contribution in [0.25, 0.3) is 0 Å². The van der Waals surface area contributed by atoms with Crippen molar-refractivity contribution in [3.05, 3.63) is 88.0 Å². The molecule has 0 heterocycles. The van der Waals surface area contributed by atoms with Crippen LogP contribution in [0, 0.1) is 41.5 Å². The Morgan fingerprint density at radius 2 is 0.753 bits per heavy atom. The van der Waals surface area contributed by atoms with Crippen molar-refractivity contribution in [2.75, 3.05) is 152 Å². The number of aryl methyl sites for hydroxylation is 6. The SMILES string of the molecule is CCOCCOCCN(C)CC(=O)Nc1c(C)cccc1C.CCOCCSS(C)(=O)=O.Cc1cccc(C)c1NC(=O)CN(C)CCCCCSS(C)(=O)=O.Cc1cccc(C)c1NC(=O)CN(C)CCSS(C)(=O)=O. The standard InChI is InChI=1S/C17H28N2O3S2.C17H28N2O3.C14H22N2O3S2.C5H12O3S2/c1-14-9-8-10-15(2)17(14)18-16(20)13-19(3)11-6-5-7-12-23-24(4,21)22;1-5-21-11-12-22-10-9-19(4)13-16(20)18-17-14(2)7-6-8-15(17)3;1-11-6-5-7-12(2)14(11)15-13(17)10-16(3)8-9-20-21(4,18)19;1-3-8-4-5-9-10(2,6)7/h8-10H,5-7,11-13H2,1-4H3,(H,18,20);6-8H,5,9-13H2,1-4H3,(H,18,20);5-7H,8-10H2,1-4H3,(H,15,17);3-5H2,1-2H3. The van der Waals surface area contributed by atoms with Gasteiger partial charge >= 0.3 is 0 Å². The van der Waals surface area contributed by atoms with Gasteiger partial charge in [-0.2, -0.15) is 0 Å². The van der Waals surface area contributed by atoms with Crippen molar-refractivity contribution in [3.8, 4) is 0 Å². The van der Waals surface area contributed by atoms with Crippen molar-refractivity contribution in [1.29, 1.82) is 0 Å². The van der Waals surface area contributed by atoms with Crippen LogP contribution in [0.5, 0.6) is 0 Å². The zero-order valence-electron chi connectivity index (χ0n) is 48.1. The van der Waals surface area contributed by atoms with E-state index in [0.29, 0.717) is 83.1 Å². The second kappa shape index (κ2) is 40.8. The van der Waals surface area contributed by atoms with Crippen molar-refractivity contribution in [3.63, 3.8) is 0 Å². The minimum Gasteiger partial charge on any atom is -0.381 e. The normalized spacial score (nSPS) is 11.5. The van der Waals surface area contributed by atoms with Gasteiger partial charge in [-0.1, -0.05) is 61.0 Å². The van der Waals surface area contributed by atoms with E-state index in [1.807, 2.05) is 134 Å². The van der Waals surface area contributed by atoms with Gasteiger partial charge in [0.1, 0.15) is 0 Å². The lowest BCUT2D eigenvalue weighted by Crippen LogP contribution is -2.33. The van der Waals surface area contributed by atoms with Gasteiger partial charge in [0.05, 0.1) is 46.1 Å². The Hall–Kier alpha value is -3.27. The fourth-order valence-corrected chi connectivity index (χ4v) is 12.0. The van der Waals surface area contributed by atoms with Crippen LogP contribution < -0.4 is 16.0 Å². The molecule has 0 fully saturated rings. The number of amides is 3. The predicted octanol–water partition coefficient (Wildman–Crippen LogP) is 7.85. The van der Waals surface area contributed by atoms with Crippen molar-refractivity contribution in [2.45, 2.75) is 74.7 Å². The average Bonchev–Trinajstić information content (AvgIpc) is 3.31. The molecule has 440 valence electrons. The molecule has 0 atom stereocenters. The summed E-state index contributed by atoms with van der Waals surface area (Å²) in [5, 5.41) is 8.88. The second-order valence-corrected chi connectivity index (χ2v) is 32.0. The summed E-state index contributed by atoms with van der Waals surface area (Å²) < 4.78 is 80.6. The van der Waals surface area contributed by atoms with E-state index < -0.39 is 26.6 Å². The molecule has 3 aromatic rings. The lowest BCUT2D eigenvalue weighted by atomic mass is 10.1. The minimum atomic E-state index is -3.02. The summed E-state index contributed by atoms with van der Waals surface area (Å²) in [5.74, 6) is 1.49. The van der Waals surface area contributed by atoms with Gasteiger partial charge in [-0.3, -0.25) is 29.1 Å². The van der Waals surface area contributed by atoms with Crippen LogP contribution in [0.3, 0.4) is 0 Å². The third kappa shape index (κ3) is 40.5. The van der Waals surface area contributed by atoms with Crippen molar-refractivity contribution in [2.24, 2.45) is 0 Å². The first-order valence-corrected chi connectivity index (χ1v) is 35.6. The molecule has 3 N–H and O–H groups in total. The summed E-state index contributed by atoms with van der Waals surface area (Å²) >= 11 is 0. The molecule has 18 nitrogen and oxygen atoms in total. The molecule has 0 aliphatic carbocycles. The number of ether oxygens (including phenoxy) is 3. The van der Waals surface area contributed by atoms with E-state index in [0.717, 1.165) is 109 Å². The molecular weight excluding hydrogens is 1110 g/mol. The van der Waals surface area contributed by atoms with Crippen LogP contribution in [0.1, 0.15) is 66.5 Å². The Labute approximate surface area is 474 Å². The summed E-state index contributed by atoms with van der Waals surface area (Å²) in [6, 6.07) is 17.8. The van der Waals surface area contributed by atoms with E-state index in [9.17, 15) is 39.6 Å². The highest BCUT2D eigenvalue weighted by molar-refractivity contribution is 8.72. The number of rotatable bonds is 32. The molecule has 0 saturated heterocycles. The number of likely N-dealkylation sites (N-methyl/N-ethyl adjacent to an activating group) is 3. The van der Waals surface area contributed by atoms with E-state index in [1.165, 1.54) is 18.8 Å². The molecule has 24 heteroatoms. The fourth-order valence-electron chi connectivity index (χ4n) is 6.73. The topological polar surface area (TPSA) is 227 Å². The first-order valence-electron chi connectivity index (χ1n) is 25.4. The monoisotopic (exact) mass is 1190 g/mol. The number of unbranched alkanes of at least 4 members (excludes halogenated alkanes) is 2. The van der Waals surface area contributed by atoms with Crippen LogP contribution >= 0.6 is 32.4 Å². The van der Waals surface area contributed by atoms with Crippen LogP contribution in [-0.4, -0.2) is 194 Å². The number of nitrogens with zero attached hydrogens (tertiary/aromatic N) is 3. The lowest BCUT2D eigenvalue weighted by molar-refractivity contribution is -0.118. The van der Waals surface area contributed by atoms with E-state index in [4.69, 9.17) is 14.2 Å². The number of benzene rings is 3. The zero-order chi connectivity index (χ0) is 58.6. The number of anilines is 3. The molecule has 0 aliphatic rings. The molecule has 0 radical (unpaired) electrons. The van der Waals surface area contributed by atoms with Crippen LogP contribution in [0.4, 0.5) is 17.1 Å². The third-order valence-electron chi connectivity index (χ3n) is 10.7. The van der Waals surface area contributed by atoms with Gasteiger partial charge in [-0.05, 0) is 162 Å². The molecule has 0 bridgehead atoms. The molecule has 0 unspecified atom stereocenters. The summed E-state index contributed by atoms with van der Waals surface area (Å²) in [7, 11) is -0.357. The maximum Gasteiger partial charge on any atom is 0.238 e. The zero-order valence-corrected chi connectivity index (χ0v) is 53.0. The first kappa shape index (κ1) is 73.7. The second-order valence-electron chi connectivity index (χ2n) is 18.3. The van der Waals surface area contributed by atoms with Gasteiger partial charge in [-0.15, -0.1) is 0 Å².